The molecule has 0 fully saturated rings. The predicted octanol–water partition coefficient (Wildman–Crippen LogP) is 4.10. The zero-order valence-electron chi connectivity index (χ0n) is 15.8. The lowest BCUT2D eigenvalue weighted by Gasteiger charge is -2.05. The Morgan fingerprint density at radius 2 is 2.11 bits per heavy atom. The molecule has 0 spiro atoms. The number of aromatic amines is 1. The van der Waals surface area contributed by atoms with Gasteiger partial charge in [-0.1, -0.05) is 18.7 Å². The van der Waals surface area contributed by atoms with Gasteiger partial charge in [-0.3, -0.25) is 4.79 Å². The number of H-pyrrole nitrogens is 1. The van der Waals surface area contributed by atoms with E-state index in [0.717, 1.165) is 28.1 Å². The summed E-state index contributed by atoms with van der Waals surface area (Å²) in [5.74, 6) is 0.269. The molecule has 2 N–H and O–H groups in total. The first-order chi connectivity index (χ1) is 13.5. The number of hydrogen-bond donors (Lipinski definition) is 2. The fourth-order valence-corrected chi connectivity index (χ4v) is 4.21. The van der Waals surface area contributed by atoms with Gasteiger partial charge in [-0.15, -0.1) is 11.3 Å². The average molecular weight is 420 g/mol. The van der Waals surface area contributed by atoms with E-state index >= 15 is 0 Å². The number of hydrogen-bond acceptors (Lipinski definition) is 7. The van der Waals surface area contributed by atoms with E-state index in [0.29, 0.717) is 15.7 Å². The molecule has 9 heteroatoms. The quantitative estimate of drug-likeness (QED) is 0.422. The van der Waals surface area contributed by atoms with E-state index in [1.165, 1.54) is 23.1 Å². The Hall–Kier alpha value is -2.52. The lowest BCUT2D eigenvalue weighted by molar-refractivity contribution is -0.113. The Labute approximate surface area is 170 Å². The number of ether oxygens (including phenoxy) is 2. The molecular formula is C19H21N3O4S2. The van der Waals surface area contributed by atoms with Gasteiger partial charge in [0.1, 0.15) is 10.8 Å². The molecule has 0 aliphatic rings. The minimum absolute atomic E-state index is 0.165. The lowest BCUT2D eigenvalue weighted by atomic mass is 10.2. The number of nitrogens with zero attached hydrogens (tertiary/aromatic N) is 1. The van der Waals surface area contributed by atoms with Crippen molar-refractivity contribution in [3.05, 3.63) is 34.7 Å². The summed E-state index contributed by atoms with van der Waals surface area (Å²) in [5.41, 5.74) is 2.05. The molecule has 2 aromatic heterocycles. The number of thioether (sulfide) groups is 1. The van der Waals surface area contributed by atoms with Crippen LogP contribution < -0.4 is 10.1 Å². The zero-order chi connectivity index (χ0) is 20.1. The van der Waals surface area contributed by atoms with Crippen molar-refractivity contribution in [2.24, 2.45) is 0 Å². The molecule has 7 nitrogen and oxygen atoms in total. The molecule has 3 rings (SSSR count). The molecular weight excluding hydrogens is 398 g/mol. The van der Waals surface area contributed by atoms with Crippen molar-refractivity contribution in [3.63, 3.8) is 0 Å². The second-order valence-electron chi connectivity index (χ2n) is 5.79. The zero-order valence-corrected chi connectivity index (χ0v) is 17.5. The van der Waals surface area contributed by atoms with Crippen molar-refractivity contribution < 1.29 is 19.1 Å². The Morgan fingerprint density at radius 3 is 2.82 bits per heavy atom. The fraction of sp³-hybridized carbons (Fsp3) is 0.316. The molecule has 0 atom stereocenters. The number of carbonyl (C=O) groups is 2. The minimum Gasteiger partial charge on any atom is -0.497 e. The smallest absolute Gasteiger partial charge is 0.341 e. The van der Waals surface area contributed by atoms with Crippen LogP contribution in [-0.4, -0.2) is 41.3 Å². The molecule has 0 aliphatic heterocycles. The predicted molar refractivity (Wildman–Crippen MR) is 112 cm³/mol. The number of thiophene rings is 1. The number of amides is 1. The number of aromatic nitrogens is 2. The second-order valence-corrected chi connectivity index (χ2v) is 7.89. The highest BCUT2D eigenvalue weighted by atomic mass is 32.2. The summed E-state index contributed by atoms with van der Waals surface area (Å²) in [6.07, 6.45) is 0.782. The lowest BCUT2D eigenvalue weighted by Crippen LogP contribution is -2.16. The van der Waals surface area contributed by atoms with Gasteiger partial charge in [0.2, 0.25) is 5.91 Å². The molecule has 0 saturated heterocycles. The minimum atomic E-state index is -0.423. The number of carbonyl (C=O) groups excluding carboxylic acids is 2. The molecule has 2 heterocycles. The first kappa shape index (κ1) is 20.2. The van der Waals surface area contributed by atoms with Crippen LogP contribution in [0.25, 0.3) is 11.0 Å². The van der Waals surface area contributed by atoms with E-state index < -0.39 is 5.97 Å². The molecule has 28 heavy (non-hydrogen) atoms. The molecule has 0 aliphatic carbocycles. The van der Waals surface area contributed by atoms with Crippen molar-refractivity contribution >= 4 is 51.0 Å². The van der Waals surface area contributed by atoms with E-state index in [9.17, 15) is 9.59 Å². The van der Waals surface area contributed by atoms with Crippen molar-refractivity contribution in [2.75, 3.05) is 24.8 Å². The molecule has 1 amide bonds. The summed E-state index contributed by atoms with van der Waals surface area (Å²) < 4.78 is 10.3. The average Bonchev–Trinajstić information content (AvgIpc) is 3.29. The third-order valence-electron chi connectivity index (χ3n) is 3.89. The highest BCUT2D eigenvalue weighted by molar-refractivity contribution is 7.99. The Morgan fingerprint density at radius 1 is 1.29 bits per heavy atom. The standard InChI is InChI=1S/C19H21N3O4S2/c1-4-12-9-13(18(24)26-5-2)17(28-12)22-16(23)10-27-19-20-14-7-6-11(25-3)8-15(14)21-19/h6-9H,4-5,10H2,1-3H3,(H,20,21)(H,22,23). The van der Waals surface area contributed by atoms with Gasteiger partial charge in [-0.2, -0.15) is 0 Å². The van der Waals surface area contributed by atoms with Gasteiger partial charge in [-0.25, -0.2) is 9.78 Å². The van der Waals surface area contributed by atoms with E-state index in [1.54, 1.807) is 20.1 Å². The van der Waals surface area contributed by atoms with Gasteiger partial charge in [0, 0.05) is 10.9 Å². The number of imidazole rings is 1. The summed E-state index contributed by atoms with van der Waals surface area (Å²) in [6, 6.07) is 7.33. The van der Waals surface area contributed by atoms with Gasteiger partial charge in [0.05, 0.1) is 36.1 Å². The molecule has 0 radical (unpaired) electrons. The highest BCUT2D eigenvalue weighted by Gasteiger charge is 2.19. The maximum atomic E-state index is 12.4. The number of fused-ring (bicyclic) bond motifs is 1. The third kappa shape index (κ3) is 4.66. The number of anilines is 1. The number of rotatable bonds is 8. The van der Waals surface area contributed by atoms with Gasteiger partial charge >= 0.3 is 5.97 Å². The number of methoxy groups -OCH3 is 1. The van der Waals surface area contributed by atoms with Crippen molar-refractivity contribution in [2.45, 2.75) is 25.4 Å². The van der Waals surface area contributed by atoms with Gasteiger partial charge < -0.3 is 19.8 Å². The maximum absolute atomic E-state index is 12.4. The first-order valence-corrected chi connectivity index (χ1v) is 10.6. The molecule has 0 saturated carbocycles. The number of nitrogens with one attached hydrogen (secondary N) is 2. The molecule has 0 bridgehead atoms. The molecule has 3 aromatic rings. The van der Waals surface area contributed by atoms with Crippen LogP contribution in [0.1, 0.15) is 29.1 Å². The topological polar surface area (TPSA) is 93.3 Å². The van der Waals surface area contributed by atoms with Crippen molar-refractivity contribution in [1.82, 2.24) is 9.97 Å². The largest absolute Gasteiger partial charge is 0.497 e. The van der Waals surface area contributed by atoms with Crippen LogP contribution >= 0.6 is 23.1 Å². The normalized spacial score (nSPS) is 10.8. The van der Waals surface area contributed by atoms with Crippen LogP contribution in [0.5, 0.6) is 5.75 Å². The summed E-state index contributed by atoms with van der Waals surface area (Å²) in [5, 5.41) is 3.99. The van der Waals surface area contributed by atoms with E-state index in [-0.39, 0.29) is 18.3 Å². The van der Waals surface area contributed by atoms with Crippen LogP contribution in [0, 0.1) is 0 Å². The molecule has 1 aromatic carbocycles. The first-order valence-electron chi connectivity index (χ1n) is 8.80. The number of benzene rings is 1. The SMILES string of the molecule is CCOC(=O)c1cc(CC)sc1NC(=O)CSc1nc2ccc(OC)cc2[nH]1. The summed E-state index contributed by atoms with van der Waals surface area (Å²) in [4.78, 5) is 33.1. The molecule has 0 unspecified atom stereocenters. The van der Waals surface area contributed by atoms with Gasteiger partial charge in [-0.05, 0) is 31.5 Å². The Bertz CT molecular complexity index is 996. The summed E-state index contributed by atoms with van der Waals surface area (Å²) in [7, 11) is 1.61. The second kappa shape index (κ2) is 9.11. The monoisotopic (exact) mass is 419 g/mol. The van der Waals surface area contributed by atoms with Crippen molar-refractivity contribution in [3.8, 4) is 5.75 Å². The highest BCUT2D eigenvalue weighted by Crippen LogP contribution is 2.30. The third-order valence-corrected chi connectivity index (χ3v) is 5.96. The van der Waals surface area contributed by atoms with Crippen LogP contribution in [0.4, 0.5) is 5.00 Å². The summed E-state index contributed by atoms with van der Waals surface area (Å²) in [6.45, 7) is 4.04. The van der Waals surface area contributed by atoms with Crippen LogP contribution in [0.3, 0.4) is 0 Å². The van der Waals surface area contributed by atoms with Crippen LogP contribution in [0.2, 0.25) is 0 Å². The maximum Gasteiger partial charge on any atom is 0.341 e. The Balaban J connectivity index is 1.66. The fourth-order valence-electron chi connectivity index (χ4n) is 2.53. The molecule has 148 valence electrons. The van der Waals surface area contributed by atoms with E-state index in [2.05, 4.69) is 15.3 Å². The van der Waals surface area contributed by atoms with Gasteiger partial charge in [0.15, 0.2) is 5.16 Å². The van der Waals surface area contributed by atoms with Crippen molar-refractivity contribution in [1.29, 1.82) is 0 Å². The van der Waals surface area contributed by atoms with Crippen LogP contribution in [-0.2, 0) is 16.0 Å². The Kier molecular flexibility index (Phi) is 6.58. The number of esters is 1. The van der Waals surface area contributed by atoms with Crippen LogP contribution in [0.15, 0.2) is 29.4 Å². The van der Waals surface area contributed by atoms with E-state index in [4.69, 9.17) is 9.47 Å². The number of aryl methyl sites for hydroxylation is 1. The summed E-state index contributed by atoms with van der Waals surface area (Å²) >= 11 is 2.69. The van der Waals surface area contributed by atoms with E-state index in [1.807, 2.05) is 25.1 Å². The van der Waals surface area contributed by atoms with Gasteiger partial charge in [0.25, 0.3) is 0 Å².